The van der Waals surface area contributed by atoms with Crippen LogP contribution in [-0.2, 0) is 19.0 Å². The van der Waals surface area contributed by atoms with Crippen molar-refractivity contribution in [1.29, 1.82) is 0 Å². The van der Waals surface area contributed by atoms with Gasteiger partial charge in [0.1, 0.15) is 10.3 Å². The summed E-state index contributed by atoms with van der Waals surface area (Å²) in [6, 6.07) is 30.1. The van der Waals surface area contributed by atoms with Crippen LogP contribution in [0.3, 0.4) is 0 Å². The first-order valence-electron chi connectivity index (χ1n) is 14.5. The maximum absolute atomic E-state index is 13.4. The third-order valence-electron chi connectivity index (χ3n) is 7.65. The molecule has 0 radical (unpaired) electrons. The third kappa shape index (κ3) is 6.64. The van der Waals surface area contributed by atoms with Crippen LogP contribution in [0.2, 0.25) is 0 Å². The maximum Gasteiger partial charge on any atom is 0.417 e. The second-order valence-electron chi connectivity index (χ2n) is 11.8. The quantitative estimate of drug-likeness (QED) is 0.185. The van der Waals surface area contributed by atoms with Crippen molar-refractivity contribution in [2.45, 2.75) is 75.5 Å². The molecule has 3 aromatic rings. The van der Waals surface area contributed by atoms with E-state index in [1.54, 1.807) is 45.9 Å². The summed E-state index contributed by atoms with van der Waals surface area (Å²) in [5.41, 5.74) is 1.80. The van der Waals surface area contributed by atoms with Crippen LogP contribution >= 0.6 is 11.9 Å². The van der Waals surface area contributed by atoms with Crippen LogP contribution in [0.15, 0.2) is 103 Å². The van der Waals surface area contributed by atoms with E-state index < -0.39 is 40.0 Å². The van der Waals surface area contributed by atoms with Gasteiger partial charge in [0.25, 0.3) is 5.91 Å². The SMILES string of the molecule is CCC[C@](C)(OC)[C@@H](NSC(c1ccccc1)(c1ccccc1)c1ccccc1)[C@@H]1C=CC(=O)N1C(=O)OC(C)(C)C. The predicted octanol–water partition coefficient (Wildman–Crippen LogP) is 7.49. The van der Waals surface area contributed by atoms with Crippen molar-refractivity contribution in [3.8, 4) is 0 Å². The van der Waals surface area contributed by atoms with Gasteiger partial charge < -0.3 is 9.47 Å². The van der Waals surface area contributed by atoms with Crippen LogP contribution in [0, 0.1) is 0 Å². The molecular weight excluding hydrogens is 544 g/mol. The van der Waals surface area contributed by atoms with E-state index in [0.29, 0.717) is 6.42 Å². The van der Waals surface area contributed by atoms with Crippen molar-refractivity contribution in [3.63, 3.8) is 0 Å². The lowest BCUT2D eigenvalue weighted by Gasteiger charge is -2.44. The molecule has 1 N–H and O–H groups in total. The summed E-state index contributed by atoms with van der Waals surface area (Å²) in [5, 5.41) is 0. The van der Waals surface area contributed by atoms with Gasteiger partial charge >= 0.3 is 6.09 Å². The van der Waals surface area contributed by atoms with Crippen LogP contribution in [-0.4, -0.2) is 47.3 Å². The van der Waals surface area contributed by atoms with Gasteiger partial charge in [-0.15, -0.1) is 0 Å². The molecule has 3 aromatic carbocycles. The largest absolute Gasteiger partial charge is 0.443 e. The number of nitrogens with one attached hydrogen (secondary N) is 1. The van der Waals surface area contributed by atoms with Crippen LogP contribution in [0.25, 0.3) is 0 Å². The number of hydrogen-bond acceptors (Lipinski definition) is 6. The molecule has 0 bridgehead atoms. The minimum atomic E-state index is -0.751. The van der Waals surface area contributed by atoms with Gasteiger partial charge in [0.15, 0.2) is 0 Å². The molecular formula is C35H42N2O4S. The number of ether oxygens (including phenoxy) is 2. The van der Waals surface area contributed by atoms with Gasteiger partial charge in [-0.3, -0.25) is 9.52 Å². The molecule has 0 aliphatic carbocycles. The number of amides is 2. The lowest BCUT2D eigenvalue weighted by atomic mass is 9.84. The average Bonchev–Trinajstić information content (AvgIpc) is 3.37. The zero-order chi connectivity index (χ0) is 30.4. The fourth-order valence-corrected chi connectivity index (χ4v) is 7.02. The van der Waals surface area contributed by atoms with E-state index in [-0.39, 0.29) is 0 Å². The lowest BCUT2D eigenvalue weighted by molar-refractivity contribution is -0.127. The Morgan fingerprint density at radius 2 is 1.36 bits per heavy atom. The van der Waals surface area contributed by atoms with Gasteiger partial charge in [-0.05, 0) is 50.8 Å². The zero-order valence-corrected chi connectivity index (χ0v) is 26.2. The molecule has 2 amide bonds. The minimum Gasteiger partial charge on any atom is -0.443 e. The summed E-state index contributed by atoms with van der Waals surface area (Å²) in [6.45, 7) is 9.52. The van der Waals surface area contributed by atoms with Crippen molar-refractivity contribution in [1.82, 2.24) is 9.62 Å². The molecule has 3 atom stereocenters. The first-order chi connectivity index (χ1) is 20.1. The lowest BCUT2D eigenvalue weighted by Crippen LogP contribution is -2.60. The normalized spacial score (nSPS) is 17.6. The smallest absolute Gasteiger partial charge is 0.417 e. The maximum atomic E-state index is 13.4. The van der Waals surface area contributed by atoms with Crippen LogP contribution in [0.5, 0.6) is 0 Å². The molecule has 42 heavy (non-hydrogen) atoms. The molecule has 0 spiro atoms. The number of hydrogen-bond donors (Lipinski definition) is 1. The van der Waals surface area contributed by atoms with Crippen molar-refractivity contribution < 1.29 is 19.1 Å². The molecule has 1 aliphatic heterocycles. The summed E-state index contributed by atoms with van der Waals surface area (Å²) in [4.78, 5) is 27.7. The van der Waals surface area contributed by atoms with Crippen molar-refractivity contribution in [2.24, 2.45) is 0 Å². The van der Waals surface area contributed by atoms with Crippen molar-refractivity contribution >= 4 is 23.9 Å². The van der Waals surface area contributed by atoms with Crippen molar-refractivity contribution in [3.05, 3.63) is 120 Å². The summed E-state index contributed by atoms with van der Waals surface area (Å²) >= 11 is 1.57. The molecule has 1 aliphatic rings. The first kappa shape index (κ1) is 31.5. The van der Waals surface area contributed by atoms with E-state index >= 15 is 0 Å². The Kier molecular flexibility index (Phi) is 9.97. The molecule has 1 heterocycles. The second kappa shape index (κ2) is 13.3. The number of methoxy groups -OCH3 is 1. The van der Waals surface area contributed by atoms with E-state index in [4.69, 9.17) is 9.47 Å². The minimum absolute atomic E-state index is 0.401. The van der Waals surface area contributed by atoms with E-state index in [1.165, 1.54) is 11.0 Å². The summed E-state index contributed by atoms with van der Waals surface area (Å²) in [5.74, 6) is -0.401. The number of carbonyl (C=O) groups excluding carboxylic acids is 2. The van der Waals surface area contributed by atoms with E-state index in [2.05, 4.69) is 48.0 Å². The Morgan fingerprint density at radius 1 is 0.881 bits per heavy atom. The zero-order valence-electron chi connectivity index (χ0n) is 25.4. The molecule has 0 saturated carbocycles. The fraction of sp³-hybridized carbons (Fsp3) is 0.371. The Morgan fingerprint density at radius 3 is 1.76 bits per heavy atom. The number of nitrogens with zero attached hydrogens (tertiary/aromatic N) is 1. The highest BCUT2D eigenvalue weighted by Gasteiger charge is 2.48. The van der Waals surface area contributed by atoms with Crippen LogP contribution in [0.1, 0.15) is 64.2 Å². The van der Waals surface area contributed by atoms with Gasteiger partial charge in [-0.1, -0.05) is 122 Å². The van der Waals surface area contributed by atoms with Gasteiger partial charge in [0.2, 0.25) is 0 Å². The summed E-state index contributed by atoms with van der Waals surface area (Å²) in [7, 11) is 1.69. The van der Waals surface area contributed by atoms with Gasteiger partial charge in [-0.2, -0.15) is 0 Å². The van der Waals surface area contributed by atoms with E-state index in [1.807, 2.05) is 61.5 Å². The molecule has 0 aromatic heterocycles. The van der Waals surface area contributed by atoms with Crippen molar-refractivity contribution in [2.75, 3.05) is 7.11 Å². The number of imide groups is 1. The topological polar surface area (TPSA) is 67.9 Å². The third-order valence-corrected chi connectivity index (χ3v) is 9.04. The summed E-state index contributed by atoms with van der Waals surface area (Å²) < 4.78 is 15.0. The molecule has 4 rings (SSSR count). The van der Waals surface area contributed by atoms with E-state index in [0.717, 1.165) is 23.1 Å². The Labute approximate surface area is 254 Å². The number of benzene rings is 3. The summed E-state index contributed by atoms with van der Waals surface area (Å²) in [6.07, 6.45) is 4.12. The van der Waals surface area contributed by atoms with Crippen LogP contribution < -0.4 is 4.72 Å². The Hall–Kier alpha value is -3.39. The van der Waals surface area contributed by atoms with Crippen LogP contribution in [0.4, 0.5) is 4.79 Å². The fourth-order valence-electron chi connectivity index (χ4n) is 5.56. The average molecular weight is 587 g/mol. The second-order valence-corrected chi connectivity index (χ2v) is 12.8. The molecule has 0 unspecified atom stereocenters. The number of carbonyl (C=O) groups is 2. The number of rotatable bonds is 11. The van der Waals surface area contributed by atoms with Gasteiger partial charge in [-0.25, -0.2) is 9.69 Å². The highest BCUT2D eigenvalue weighted by Crippen LogP contribution is 2.48. The highest BCUT2D eigenvalue weighted by molar-refractivity contribution is 7.98. The van der Waals surface area contributed by atoms with Gasteiger partial charge in [0, 0.05) is 13.2 Å². The molecule has 222 valence electrons. The Balaban J connectivity index is 1.85. The first-order valence-corrected chi connectivity index (χ1v) is 15.3. The highest BCUT2D eigenvalue weighted by atomic mass is 32.2. The Bertz CT molecular complexity index is 1260. The van der Waals surface area contributed by atoms with E-state index in [9.17, 15) is 9.59 Å². The van der Waals surface area contributed by atoms with Gasteiger partial charge in [0.05, 0.1) is 17.7 Å². The molecule has 0 saturated heterocycles. The molecule has 6 nitrogen and oxygen atoms in total. The predicted molar refractivity (Wildman–Crippen MR) is 170 cm³/mol. The standard InChI is InChI=1S/C35H42N2O4S/c1-7-25-34(5,40-6)31(29-23-24-30(38)37(29)32(39)41-33(2,3)4)36-42-35(26-17-11-8-12-18-26,27-19-13-9-14-20-27)28-21-15-10-16-22-28/h8-24,29,31,36H,7,25H2,1-6H3/t29-,31-,34-/m0/s1. The molecule has 7 heteroatoms. The molecule has 0 fully saturated rings. The monoisotopic (exact) mass is 586 g/mol.